The lowest BCUT2D eigenvalue weighted by Gasteiger charge is -2.29. The molecular weight excluding hydrogens is 358 g/mol. The van der Waals surface area contributed by atoms with Crippen LogP contribution in [0.3, 0.4) is 0 Å². The molecule has 27 heavy (non-hydrogen) atoms. The van der Waals surface area contributed by atoms with E-state index in [4.69, 9.17) is 0 Å². The van der Waals surface area contributed by atoms with E-state index in [9.17, 15) is 4.79 Å². The van der Waals surface area contributed by atoms with Crippen molar-refractivity contribution in [3.63, 3.8) is 0 Å². The van der Waals surface area contributed by atoms with Gasteiger partial charge in [-0.05, 0) is 50.3 Å². The Morgan fingerprint density at radius 3 is 2.81 bits per heavy atom. The smallest absolute Gasteiger partial charge is 0.223 e. The van der Waals surface area contributed by atoms with Gasteiger partial charge in [-0.15, -0.1) is 11.3 Å². The maximum absolute atomic E-state index is 12.0. The molecule has 6 nitrogen and oxygen atoms in total. The second kappa shape index (κ2) is 8.00. The van der Waals surface area contributed by atoms with Gasteiger partial charge >= 0.3 is 0 Å². The molecule has 7 heteroatoms. The number of hydrogen-bond acceptors (Lipinski definition) is 6. The number of rotatable bonds is 5. The minimum atomic E-state index is 0.142. The predicted molar refractivity (Wildman–Crippen MR) is 109 cm³/mol. The number of hydrogen-bond donors (Lipinski definition) is 2. The third kappa shape index (κ3) is 3.93. The fourth-order valence-corrected chi connectivity index (χ4v) is 4.32. The SMILES string of the molecule is CCNC(=O)C1CCC(Nc2ncnc3ccc(-c4cncs4)cc23)CC1. The van der Waals surface area contributed by atoms with Crippen molar-refractivity contribution < 1.29 is 4.79 Å². The molecule has 3 aromatic rings. The van der Waals surface area contributed by atoms with Crippen molar-refractivity contribution in [1.82, 2.24) is 20.3 Å². The number of aromatic nitrogens is 3. The van der Waals surface area contributed by atoms with Gasteiger partial charge in [0, 0.05) is 30.1 Å². The van der Waals surface area contributed by atoms with Gasteiger partial charge in [0.25, 0.3) is 0 Å². The number of amides is 1. The summed E-state index contributed by atoms with van der Waals surface area (Å²) in [5.74, 6) is 1.20. The van der Waals surface area contributed by atoms with Gasteiger partial charge in [-0.3, -0.25) is 9.78 Å². The molecule has 140 valence electrons. The van der Waals surface area contributed by atoms with E-state index in [0.29, 0.717) is 12.6 Å². The van der Waals surface area contributed by atoms with E-state index < -0.39 is 0 Å². The number of thiazole rings is 1. The number of carbonyl (C=O) groups is 1. The topological polar surface area (TPSA) is 79.8 Å². The van der Waals surface area contributed by atoms with Gasteiger partial charge in [0.15, 0.2) is 0 Å². The van der Waals surface area contributed by atoms with Crippen molar-refractivity contribution in [2.75, 3.05) is 11.9 Å². The molecule has 0 bridgehead atoms. The maximum Gasteiger partial charge on any atom is 0.223 e. The Hall–Kier alpha value is -2.54. The van der Waals surface area contributed by atoms with E-state index in [0.717, 1.165) is 52.8 Å². The van der Waals surface area contributed by atoms with Gasteiger partial charge in [-0.1, -0.05) is 6.07 Å². The molecule has 0 unspecified atom stereocenters. The van der Waals surface area contributed by atoms with Crippen molar-refractivity contribution in [3.8, 4) is 10.4 Å². The first-order chi connectivity index (χ1) is 13.2. The van der Waals surface area contributed by atoms with Crippen molar-refractivity contribution in [2.45, 2.75) is 38.6 Å². The summed E-state index contributed by atoms with van der Waals surface area (Å²) in [6.07, 6.45) is 7.27. The quantitative estimate of drug-likeness (QED) is 0.701. The molecule has 0 atom stereocenters. The molecule has 2 heterocycles. The highest BCUT2D eigenvalue weighted by Crippen LogP contribution is 2.31. The van der Waals surface area contributed by atoms with Crippen molar-refractivity contribution >= 4 is 34.0 Å². The summed E-state index contributed by atoms with van der Waals surface area (Å²) >= 11 is 1.62. The van der Waals surface area contributed by atoms with Crippen molar-refractivity contribution in [3.05, 3.63) is 36.2 Å². The van der Waals surface area contributed by atoms with Crippen molar-refractivity contribution in [2.24, 2.45) is 5.92 Å². The third-order valence-corrected chi connectivity index (χ3v) is 5.96. The van der Waals surface area contributed by atoms with E-state index in [-0.39, 0.29) is 11.8 Å². The minimum absolute atomic E-state index is 0.142. The Kier molecular flexibility index (Phi) is 5.29. The fraction of sp³-hybridized carbons (Fsp3) is 0.400. The molecule has 1 saturated carbocycles. The Morgan fingerprint density at radius 2 is 2.07 bits per heavy atom. The predicted octanol–water partition coefficient (Wildman–Crippen LogP) is 3.86. The van der Waals surface area contributed by atoms with Gasteiger partial charge in [-0.2, -0.15) is 0 Å². The van der Waals surface area contributed by atoms with Crippen LogP contribution < -0.4 is 10.6 Å². The van der Waals surface area contributed by atoms with Gasteiger partial charge < -0.3 is 10.6 Å². The Bertz CT molecular complexity index is 919. The fourth-order valence-electron chi connectivity index (χ4n) is 3.70. The Labute approximate surface area is 162 Å². The number of nitrogens with one attached hydrogen (secondary N) is 2. The number of benzene rings is 1. The average molecular weight is 382 g/mol. The van der Waals surface area contributed by atoms with Crippen LogP contribution in [-0.2, 0) is 4.79 Å². The second-order valence-electron chi connectivity index (χ2n) is 6.91. The number of fused-ring (bicyclic) bond motifs is 1. The van der Waals surface area contributed by atoms with E-state index in [1.165, 1.54) is 0 Å². The maximum atomic E-state index is 12.0. The van der Waals surface area contributed by atoms with Crippen molar-refractivity contribution in [1.29, 1.82) is 0 Å². The highest BCUT2D eigenvalue weighted by atomic mass is 32.1. The average Bonchev–Trinajstić information content (AvgIpc) is 3.23. The molecule has 0 saturated heterocycles. The van der Waals surface area contributed by atoms with Crippen LogP contribution in [0.2, 0.25) is 0 Å². The summed E-state index contributed by atoms with van der Waals surface area (Å²) in [5, 5.41) is 7.55. The molecule has 2 aromatic heterocycles. The molecule has 0 spiro atoms. The summed E-state index contributed by atoms with van der Waals surface area (Å²) in [5.41, 5.74) is 3.90. The summed E-state index contributed by atoms with van der Waals surface area (Å²) in [6, 6.07) is 6.57. The monoisotopic (exact) mass is 381 g/mol. The largest absolute Gasteiger partial charge is 0.367 e. The van der Waals surface area contributed by atoms with Gasteiger partial charge in [-0.25, -0.2) is 9.97 Å². The molecule has 1 aliphatic rings. The molecule has 0 radical (unpaired) electrons. The summed E-state index contributed by atoms with van der Waals surface area (Å²) in [7, 11) is 0. The Morgan fingerprint density at radius 1 is 1.22 bits per heavy atom. The van der Waals surface area contributed by atoms with Crippen LogP contribution in [0.15, 0.2) is 36.2 Å². The zero-order valence-electron chi connectivity index (χ0n) is 15.3. The molecule has 1 amide bonds. The van der Waals surface area contributed by atoms with Gasteiger partial charge in [0.05, 0.1) is 15.9 Å². The first-order valence-electron chi connectivity index (χ1n) is 9.42. The zero-order chi connectivity index (χ0) is 18.6. The normalized spacial score (nSPS) is 19.7. The molecule has 0 aliphatic heterocycles. The highest BCUT2D eigenvalue weighted by molar-refractivity contribution is 7.13. The number of carbonyl (C=O) groups excluding carboxylic acids is 1. The number of anilines is 1. The lowest BCUT2D eigenvalue weighted by atomic mass is 9.85. The van der Waals surface area contributed by atoms with E-state index >= 15 is 0 Å². The lowest BCUT2D eigenvalue weighted by Crippen LogP contribution is -2.35. The highest BCUT2D eigenvalue weighted by Gasteiger charge is 2.26. The van der Waals surface area contributed by atoms with E-state index in [2.05, 4.69) is 37.7 Å². The van der Waals surface area contributed by atoms with Crippen LogP contribution in [0.1, 0.15) is 32.6 Å². The number of nitrogens with zero attached hydrogens (tertiary/aromatic N) is 3. The molecule has 1 aliphatic carbocycles. The second-order valence-corrected chi connectivity index (χ2v) is 7.79. The lowest BCUT2D eigenvalue weighted by molar-refractivity contribution is -0.125. The van der Waals surface area contributed by atoms with E-state index in [1.54, 1.807) is 17.7 Å². The molecule has 4 rings (SSSR count). The van der Waals surface area contributed by atoms with Crippen LogP contribution in [0.25, 0.3) is 21.3 Å². The summed E-state index contributed by atoms with van der Waals surface area (Å²) in [4.78, 5) is 26.2. The summed E-state index contributed by atoms with van der Waals surface area (Å²) < 4.78 is 0. The standard InChI is InChI=1S/C20H23N5OS/c1-2-22-20(26)13-3-6-15(7-4-13)25-19-16-9-14(18-10-21-12-27-18)5-8-17(16)23-11-24-19/h5,8-13,15H,2-4,6-7H2,1H3,(H,22,26)(H,23,24,25). The Balaban J connectivity index is 1.51. The van der Waals surface area contributed by atoms with Gasteiger partial charge in [0.1, 0.15) is 12.1 Å². The van der Waals surface area contributed by atoms with Crippen LogP contribution in [0.4, 0.5) is 5.82 Å². The van der Waals surface area contributed by atoms with Gasteiger partial charge in [0.2, 0.25) is 5.91 Å². The first-order valence-corrected chi connectivity index (χ1v) is 10.3. The first kappa shape index (κ1) is 17.9. The molecule has 2 N–H and O–H groups in total. The summed E-state index contributed by atoms with van der Waals surface area (Å²) in [6.45, 7) is 2.66. The third-order valence-electron chi connectivity index (χ3n) is 5.14. The van der Waals surface area contributed by atoms with E-state index in [1.807, 2.05) is 24.7 Å². The molecule has 1 fully saturated rings. The molecule has 1 aromatic carbocycles. The van der Waals surface area contributed by atoms with Crippen LogP contribution >= 0.6 is 11.3 Å². The van der Waals surface area contributed by atoms with Crippen LogP contribution in [0, 0.1) is 5.92 Å². The zero-order valence-corrected chi connectivity index (χ0v) is 16.1. The minimum Gasteiger partial charge on any atom is -0.367 e. The molecular formula is C20H23N5OS. The van der Waals surface area contributed by atoms with Crippen LogP contribution in [-0.4, -0.2) is 33.4 Å². The van der Waals surface area contributed by atoms with Crippen LogP contribution in [0.5, 0.6) is 0 Å².